The average Bonchev–Trinajstić information content (AvgIpc) is 2.78. The van der Waals surface area contributed by atoms with Crippen LogP contribution in [0.4, 0.5) is 10.1 Å². The second kappa shape index (κ2) is 10.9. The SMILES string of the molecule is CCN(CCNC(=O)C1CCCN(C(=O)Cc2ccc(F)cc2)C1)c1cccc(C)c1. The molecule has 1 fully saturated rings. The number of likely N-dealkylation sites (tertiary alicyclic amines) is 1. The Morgan fingerprint density at radius 1 is 1.19 bits per heavy atom. The van der Waals surface area contributed by atoms with Crippen LogP contribution < -0.4 is 10.2 Å². The van der Waals surface area contributed by atoms with Gasteiger partial charge in [-0.25, -0.2) is 4.39 Å². The lowest BCUT2D eigenvalue weighted by Crippen LogP contribution is -2.47. The predicted octanol–water partition coefficient (Wildman–Crippen LogP) is 3.56. The van der Waals surface area contributed by atoms with Gasteiger partial charge in [-0.3, -0.25) is 9.59 Å². The van der Waals surface area contributed by atoms with Crippen LogP contribution in [0.3, 0.4) is 0 Å². The molecule has 0 spiro atoms. The number of rotatable bonds is 8. The van der Waals surface area contributed by atoms with Gasteiger partial charge in [-0.15, -0.1) is 0 Å². The van der Waals surface area contributed by atoms with E-state index >= 15 is 0 Å². The zero-order valence-electron chi connectivity index (χ0n) is 18.4. The van der Waals surface area contributed by atoms with Crippen LogP contribution in [0.25, 0.3) is 0 Å². The summed E-state index contributed by atoms with van der Waals surface area (Å²) in [6.45, 7) is 7.48. The van der Waals surface area contributed by atoms with Gasteiger partial charge >= 0.3 is 0 Å². The summed E-state index contributed by atoms with van der Waals surface area (Å²) in [5, 5.41) is 3.06. The normalized spacial score (nSPS) is 16.1. The number of aryl methyl sites for hydroxylation is 1. The molecular formula is C25H32FN3O2. The van der Waals surface area contributed by atoms with Gasteiger partial charge in [0.2, 0.25) is 11.8 Å². The number of piperidine rings is 1. The van der Waals surface area contributed by atoms with Crippen molar-refractivity contribution in [1.29, 1.82) is 0 Å². The quantitative estimate of drug-likeness (QED) is 0.704. The van der Waals surface area contributed by atoms with Gasteiger partial charge in [-0.05, 0) is 62.1 Å². The molecule has 0 bridgehead atoms. The molecule has 2 amide bonds. The lowest BCUT2D eigenvalue weighted by atomic mass is 9.96. The number of halogens is 1. The Kier molecular flexibility index (Phi) is 8.04. The third kappa shape index (κ3) is 6.54. The van der Waals surface area contributed by atoms with Crippen molar-refractivity contribution in [2.24, 2.45) is 5.92 Å². The second-order valence-electron chi connectivity index (χ2n) is 8.19. The highest BCUT2D eigenvalue weighted by molar-refractivity contribution is 5.82. The average molecular weight is 426 g/mol. The predicted molar refractivity (Wildman–Crippen MR) is 121 cm³/mol. The maximum absolute atomic E-state index is 13.1. The fourth-order valence-corrected chi connectivity index (χ4v) is 4.06. The molecule has 166 valence electrons. The number of anilines is 1. The highest BCUT2D eigenvalue weighted by Crippen LogP contribution is 2.19. The molecule has 5 nitrogen and oxygen atoms in total. The minimum absolute atomic E-state index is 0.0132. The topological polar surface area (TPSA) is 52.7 Å². The molecule has 31 heavy (non-hydrogen) atoms. The van der Waals surface area contributed by atoms with Gasteiger partial charge in [0.25, 0.3) is 0 Å². The van der Waals surface area contributed by atoms with Gasteiger partial charge in [0.15, 0.2) is 0 Å². The summed E-state index contributed by atoms with van der Waals surface area (Å²) in [5.41, 5.74) is 3.16. The van der Waals surface area contributed by atoms with Gasteiger partial charge in [0.1, 0.15) is 5.82 Å². The second-order valence-corrected chi connectivity index (χ2v) is 8.19. The van der Waals surface area contributed by atoms with Crippen molar-refractivity contribution in [1.82, 2.24) is 10.2 Å². The first-order chi connectivity index (χ1) is 15.0. The summed E-state index contributed by atoms with van der Waals surface area (Å²) in [5.74, 6) is -0.491. The number of carbonyl (C=O) groups is 2. The Balaban J connectivity index is 1.47. The zero-order valence-corrected chi connectivity index (χ0v) is 18.4. The smallest absolute Gasteiger partial charge is 0.227 e. The van der Waals surface area contributed by atoms with E-state index in [1.165, 1.54) is 17.7 Å². The molecule has 0 radical (unpaired) electrons. The minimum atomic E-state index is -0.310. The highest BCUT2D eigenvalue weighted by Gasteiger charge is 2.28. The maximum Gasteiger partial charge on any atom is 0.227 e. The van der Waals surface area contributed by atoms with Crippen LogP contribution in [0, 0.1) is 18.7 Å². The maximum atomic E-state index is 13.1. The molecule has 1 atom stereocenters. The molecule has 2 aromatic carbocycles. The molecule has 1 aliphatic heterocycles. The Bertz CT molecular complexity index is 885. The largest absolute Gasteiger partial charge is 0.370 e. The van der Waals surface area contributed by atoms with Crippen molar-refractivity contribution in [2.75, 3.05) is 37.6 Å². The molecule has 0 aromatic heterocycles. The van der Waals surface area contributed by atoms with Crippen LogP contribution in [0.15, 0.2) is 48.5 Å². The molecule has 1 heterocycles. The summed E-state index contributed by atoms with van der Waals surface area (Å²) in [7, 11) is 0. The first-order valence-electron chi connectivity index (χ1n) is 11.1. The molecule has 1 aliphatic rings. The summed E-state index contributed by atoms with van der Waals surface area (Å²) in [4.78, 5) is 29.4. The van der Waals surface area contributed by atoms with E-state index < -0.39 is 0 Å². The monoisotopic (exact) mass is 425 g/mol. The highest BCUT2D eigenvalue weighted by atomic mass is 19.1. The Morgan fingerprint density at radius 3 is 2.68 bits per heavy atom. The van der Waals surface area contributed by atoms with E-state index in [0.29, 0.717) is 19.6 Å². The van der Waals surface area contributed by atoms with Crippen LogP contribution in [0.1, 0.15) is 30.9 Å². The van der Waals surface area contributed by atoms with Crippen molar-refractivity contribution >= 4 is 17.5 Å². The zero-order chi connectivity index (χ0) is 22.2. The number of hydrogen-bond donors (Lipinski definition) is 1. The summed E-state index contributed by atoms with van der Waals surface area (Å²) < 4.78 is 13.1. The fraction of sp³-hybridized carbons (Fsp3) is 0.440. The lowest BCUT2D eigenvalue weighted by Gasteiger charge is -2.32. The third-order valence-corrected chi connectivity index (χ3v) is 5.84. The Morgan fingerprint density at radius 2 is 1.97 bits per heavy atom. The van der Waals surface area contributed by atoms with Crippen molar-refractivity contribution in [3.63, 3.8) is 0 Å². The number of nitrogens with zero attached hydrogens (tertiary/aromatic N) is 2. The van der Waals surface area contributed by atoms with E-state index in [1.54, 1.807) is 17.0 Å². The summed E-state index contributed by atoms with van der Waals surface area (Å²) >= 11 is 0. The minimum Gasteiger partial charge on any atom is -0.370 e. The summed E-state index contributed by atoms with van der Waals surface area (Å²) in [6, 6.07) is 14.4. The molecule has 3 rings (SSSR count). The lowest BCUT2D eigenvalue weighted by molar-refractivity contribution is -0.135. The number of likely N-dealkylation sites (N-methyl/N-ethyl adjacent to an activating group) is 1. The van der Waals surface area contributed by atoms with Crippen LogP contribution >= 0.6 is 0 Å². The molecule has 0 saturated carbocycles. The summed E-state index contributed by atoms with van der Waals surface area (Å²) in [6.07, 6.45) is 1.84. The third-order valence-electron chi connectivity index (χ3n) is 5.84. The van der Waals surface area contributed by atoms with Crippen molar-refractivity contribution < 1.29 is 14.0 Å². The molecule has 1 N–H and O–H groups in total. The van der Waals surface area contributed by atoms with Crippen molar-refractivity contribution in [3.05, 3.63) is 65.5 Å². The van der Waals surface area contributed by atoms with Crippen LogP contribution in [-0.2, 0) is 16.0 Å². The van der Waals surface area contributed by atoms with Gasteiger partial charge in [-0.1, -0.05) is 24.3 Å². The molecule has 2 aromatic rings. The van der Waals surface area contributed by atoms with Gasteiger partial charge in [0.05, 0.1) is 12.3 Å². The van der Waals surface area contributed by atoms with Crippen LogP contribution in [0.2, 0.25) is 0 Å². The van der Waals surface area contributed by atoms with Gasteiger partial charge in [-0.2, -0.15) is 0 Å². The van der Waals surface area contributed by atoms with Crippen molar-refractivity contribution in [2.45, 2.75) is 33.1 Å². The van der Waals surface area contributed by atoms with Crippen LogP contribution in [-0.4, -0.2) is 49.4 Å². The van der Waals surface area contributed by atoms with E-state index in [-0.39, 0.29) is 30.0 Å². The van der Waals surface area contributed by atoms with E-state index in [1.807, 2.05) is 6.07 Å². The molecule has 1 saturated heterocycles. The number of nitrogens with one attached hydrogen (secondary N) is 1. The number of carbonyl (C=O) groups excluding carboxylic acids is 2. The number of amides is 2. The van der Waals surface area contributed by atoms with E-state index in [2.05, 4.69) is 42.3 Å². The molecule has 6 heteroatoms. The van der Waals surface area contributed by atoms with Gasteiger partial charge in [0, 0.05) is 38.4 Å². The fourth-order valence-electron chi connectivity index (χ4n) is 4.06. The molecular weight excluding hydrogens is 393 g/mol. The van der Waals surface area contributed by atoms with E-state index in [9.17, 15) is 14.0 Å². The molecule has 1 unspecified atom stereocenters. The Labute approximate surface area is 184 Å². The first kappa shape index (κ1) is 22.8. The van der Waals surface area contributed by atoms with Gasteiger partial charge < -0.3 is 15.1 Å². The molecule has 0 aliphatic carbocycles. The van der Waals surface area contributed by atoms with Crippen molar-refractivity contribution in [3.8, 4) is 0 Å². The van der Waals surface area contributed by atoms with E-state index in [4.69, 9.17) is 0 Å². The standard InChI is InChI=1S/C25H32FN3O2/c1-3-28(23-8-4-6-19(2)16-23)15-13-27-25(31)21-7-5-14-29(18-21)24(30)17-20-9-11-22(26)12-10-20/h4,6,8-12,16,21H,3,5,7,13-15,17-18H2,1-2H3,(H,27,31). The number of benzene rings is 2. The van der Waals surface area contributed by atoms with Crippen LogP contribution in [0.5, 0.6) is 0 Å². The first-order valence-corrected chi connectivity index (χ1v) is 11.1. The Hall–Kier alpha value is -2.89. The number of hydrogen-bond acceptors (Lipinski definition) is 3. The van der Waals surface area contributed by atoms with E-state index in [0.717, 1.165) is 37.2 Å².